The van der Waals surface area contributed by atoms with E-state index in [2.05, 4.69) is 10.00 Å². The molecule has 29 heavy (non-hydrogen) atoms. The Morgan fingerprint density at radius 3 is 2.72 bits per heavy atom. The summed E-state index contributed by atoms with van der Waals surface area (Å²) >= 11 is 0. The number of halogens is 2. The quantitative estimate of drug-likeness (QED) is 0.656. The van der Waals surface area contributed by atoms with Gasteiger partial charge in [-0.2, -0.15) is 5.10 Å². The summed E-state index contributed by atoms with van der Waals surface area (Å²) in [5, 5.41) is 4.50. The number of likely N-dealkylation sites (tertiary alicyclic amines) is 1. The van der Waals surface area contributed by atoms with Gasteiger partial charge in [0.1, 0.15) is 11.6 Å². The first kappa shape index (κ1) is 21.4. The van der Waals surface area contributed by atoms with Crippen LogP contribution in [0.3, 0.4) is 0 Å². The van der Waals surface area contributed by atoms with Gasteiger partial charge in [0.25, 0.3) is 0 Å². The number of hydrogen-bond donors (Lipinski definition) is 0. The number of carbonyl (C=O) groups excluding carboxylic acids is 1. The van der Waals surface area contributed by atoms with Crippen molar-refractivity contribution < 1.29 is 18.3 Å². The van der Waals surface area contributed by atoms with Crippen LogP contribution in [-0.4, -0.2) is 40.3 Å². The molecule has 1 unspecified atom stereocenters. The molecule has 1 atom stereocenters. The Morgan fingerprint density at radius 1 is 1.28 bits per heavy atom. The SMILES string of the molecule is CCOC(=O)C1(Cc2ccc(F)cc2F)CCCN(Cc2cn(CC)nc2C)C1. The van der Waals surface area contributed by atoms with Gasteiger partial charge in [0, 0.05) is 37.5 Å². The molecule has 0 amide bonds. The fraction of sp³-hybridized carbons (Fsp3) is 0.545. The van der Waals surface area contributed by atoms with Gasteiger partial charge in [-0.05, 0) is 58.2 Å². The third-order valence-corrected chi connectivity index (χ3v) is 5.67. The number of aryl methyl sites for hydroxylation is 2. The van der Waals surface area contributed by atoms with E-state index in [4.69, 9.17) is 4.74 Å². The predicted octanol–water partition coefficient (Wildman–Crippen LogP) is 3.88. The first-order chi connectivity index (χ1) is 13.9. The maximum Gasteiger partial charge on any atom is 0.313 e. The van der Waals surface area contributed by atoms with Crippen molar-refractivity contribution >= 4 is 5.97 Å². The smallest absolute Gasteiger partial charge is 0.313 e. The Balaban J connectivity index is 1.85. The van der Waals surface area contributed by atoms with Gasteiger partial charge < -0.3 is 4.74 Å². The van der Waals surface area contributed by atoms with Gasteiger partial charge in [-0.1, -0.05) is 6.07 Å². The lowest BCUT2D eigenvalue weighted by Crippen LogP contribution is -2.49. The standard InChI is InChI=1S/C22H29F2N3O2/c1-4-27-14-18(16(3)25-27)13-26-10-6-9-22(15-26,21(28)29-5-2)12-17-7-8-19(23)11-20(17)24/h7-8,11,14H,4-6,9-10,12-13,15H2,1-3H3. The highest BCUT2D eigenvalue weighted by Crippen LogP contribution is 2.36. The Kier molecular flexibility index (Phi) is 6.67. The summed E-state index contributed by atoms with van der Waals surface area (Å²) in [6, 6.07) is 3.54. The van der Waals surface area contributed by atoms with E-state index in [1.165, 1.54) is 12.1 Å². The van der Waals surface area contributed by atoms with Gasteiger partial charge in [-0.25, -0.2) is 8.78 Å². The Labute approximate surface area is 170 Å². The van der Waals surface area contributed by atoms with Crippen LogP contribution in [0.15, 0.2) is 24.4 Å². The molecule has 5 nitrogen and oxygen atoms in total. The molecule has 158 valence electrons. The lowest BCUT2D eigenvalue weighted by Gasteiger charge is -2.41. The van der Waals surface area contributed by atoms with Crippen molar-refractivity contribution in [1.29, 1.82) is 0 Å². The highest BCUT2D eigenvalue weighted by molar-refractivity contribution is 5.77. The Bertz CT molecular complexity index is 868. The second-order valence-corrected chi connectivity index (χ2v) is 7.82. The van der Waals surface area contributed by atoms with E-state index in [9.17, 15) is 13.6 Å². The van der Waals surface area contributed by atoms with Crippen molar-refractivity contribution in [2.45, 2.75) is 53.1 Å². The van der Waals surface area contributed by atoms with Crippen LogP contribution in [0.1, 0.15) is 43.5 Å². The maximum absolute atomic E-state index is 14.3. The molecule has 0 N–H and O–H groups in total. The van der Waals surface area contributed by atoms with Crippen LogP contribution in [0, 0.1) is 24.0 Å². The molecule has 0 radical (unpaired) electrons. The number of piperidine rings is 1. The Hall–Kier alpha value is -2.28. The van der Waals surface area contributed by atoms with Crippen LogP contribution < -0.4 is 0 Å². The number of rotatable bonds is 7. The monoisotopic (exact) mass is 405 g/mol. The molecule has 0 aliphatic carbocycles. The predicted molar refractivity (Wildman–Crippen MR) is 106 cm³/mol. The van der Waals surface area contributed by atoms with Crippen LogP contribution in [0.25, 0.3) is 0 Å². The molecular formula is C22H29F2N3O2. The van der Waals surface area contributed by atoms with Gasteiger partial charge in [0.2, 0.25) is 0 Å². The fourth-order valence-corrected chi connectivity index (χ4v) is 4.18. The summed E-state index contributed by atoms with van der Waals surface area (Å²) in [5.41, 5.74) is 1.60. The van der Waals surface area contributed by atoms with Crippen molar-refractivity contribution in [3.63, 3.8) is 0 Å². The van der Waals surface area contributed by atoms with Gasteiger partial charge >= 0.3 is 5.97 Å². The van der Waals surface area contributed by atoms with E-state index in [-0.39, 0.29) is 19.0 Å². The van der Waals surface area contributed by atoms with Gasteiger partial charge in [0.15, 0.2) is 0 Å². The minimum absolute atomic E-state index is 0.196. The van der Waals surface area contributed by atoms with Gasteiger partial charge in [-0.15, -0.1) is 0 Å². The zero-order valence-corrected chi connectivity index (χ0v) is 17.4. The number of aromatic nitrogens is 2. The maximum atomic E-state index is 14.3. The third-order valence-electron chi connectivity index (χ3n) is 5.67. The lowest BCUT2D eigenvalue weighted by molar-refractivity contribution is -0.159. The average Bonchev–Trinajstić information content (AvgIpc) is 3.04. The summed E-state index contributed by atoms with van der Waals surface area (Å²) in [5.74, 6) is -1.55. The fourth-order valence-electron chi connectivity index (χ4n) is 4.18. The summed E-state index contributed by atoms with van der Waals surface area (Å²) < 4.78 is 35.0. The van der Waals surface area contributed by atoms with Gasteiger partial charge in [0.05, 0.1) is 17.7 Å². The van der Waals surface area contributed by atoms with Crippen LogP contribution in [-0.2, 0) is 29.0 Å². The molecule has 0 bridgehead atoms. The van der Waals surface area contributed by atoms with Crippen molar-refractivity contribution in [2.24, 2.45) is 5.41 Å². The van der Waals surface area contributed by atoms with E-state index in [0.29, 0.717) is 25.1 Å². The van der Waals surface area contributed by atoms with Crippen molar-refractivity contribution in [3.8, 4) is 0 Å². The first-order valence-electron chi connectivity index (χ1n) is 10.2. The highest BCUT2D eigenvalue weighted by Gasteiger charge is 2.44. The summed E-state index contributed by atoms with van der Waals surface area (Å²) in [4.78, 5) is 15.2. The van der Waals surface area contributed by atoms with Crippen molar-refractivity contribution in [1.82, 2.24) is 14.7 Å². The molecule has 2 aromatic rings. The number of esters is 1. The van der Waals surface area contributed by atoms with E-state index >= 15 is 0 Å². The van der Waals surface area contributed by atoms with Crippen molar-refractivity contribution in [3.05, 3.63) is 52.9 Å². The molecule has 1 aliphatic rings. The number of ether oxygens (including phenoxy) is 1. The molecule has 0 spiro atoms. The molecule has 7 heteroatoms. The molecular weight excluding hydrogens is 376 g/mol. The second kappa shape index (κ2) is 9.03. The number of benzene rings is 1. The van der Waals surface area contributed by atoms with Crippen molar-refractivity contribution in [2.75, 3.05) is 19.7 Å². The summed E-state index contributed by atoms with van der Waals surface area (Å²) in [7, 11) is 0. The second-order valence-electron chi connectivity index (χ2n) is 7.82. The van der Waals surface area contributed by atoms with E-state index in [0.717, 1.165) is 36.8 Å². The Morgan fingerprint density at radius 2 is 2.07 bits per heavy atom. The number of carbonyl (C=O) groups is 1. The van der Waals surface area contributed by atoms with Crippen LogP contribution in [0.2, 0.25) is 0 Å². The van der Waals surface area contributed by atoms with Crippen LogP contribution >= 0.6 is 0 Å². The molecule has 2 heterocycles. The topological polar surface area (TPSA) is 47.4 Å². The van der Waals surface area contributed by atoms with E-state index < -0.39 is 17.0 Å². The first-order valence-corrected chi connectivity index (χ1v) is 10.2. The molecule has 1 saturated heterocycles. The molecule has 3 rings (SSSR count). The molecule has 1 aromatic heterocycles. The molecule has 1 aromatic carbocycles. The largest absolute Gasteiger partial charge is 0.466 e. The summed E-state index contributed by atoms with van der Waals surface area (Å²) in [6.07, 6.45) is 3.66. The highest BCUT2D eigenvalue weighted by atomic mass is 19.1. The minimum atomic E-state index is -0.846. The van der Waals surface area contributed by atoms with Crippen LogP contribution in [0.5, 0.6) is 0 Å². The van der Waals surface area contributed by atoms with E-state index in [1.807, 2.05) is 24.7 Å². The zero-order valence-electron chi connectivity index (χ0n) is 17.4. The normalized spacial score (nSPS) is 20.0. The molecule has 0 saturated carbocycles. The molecule has 1 fully saturated rings. The average molecular weight is 405 g/mol. The minimum Gasteiger partial charge on any atom is -0.466 e. The zero-order chi connectivity index (χ0) is 21.0. The van der Waals surface area contributed by atoms with Crippen LogP contribution in [0.4, 0.5) is 8.78 Å². The van der Waals surface area contributed by atoms with E-state index in [1.54, 1.807) is 6.92 Å². The summed E-state index contributed by atoms with van der Waals surface area (Å²) in [6.45, 7) is 8.87. The van der Waals surface area contributed by atoms with Gasteiger partial charge in [-0.3, -0.25) is 14.4 Å². The molecule has 1 aliphatic heterocycles. The third kappa shape index (κ3) is 4.83. The number of nitrogens with zero attached hydrogens (tertiary/aromatic N) is 3. The number of hydrogen-bond acceptors (Lipinski definition) is 4. The lowest BCUT2D eigenvalue weighted by atomic mass is 9.74.